The summed E-state index contributed by atoms with van der Waals surface area (Å²) in [5.41, 5.74) is 13.9. The van der Waals surface area contributed by atoms with Crippen LogP contribution in [0.25, 0.3) is 0 Å². The molecular weight excluding hydrogens is 450 g/mol. The first kappa shape index (κ1) is 27.0. The molecule has 0 aliphatic heterocycles. The van der Waals surface area contributed by atoms with E-state index in [0.717, 1.165) is 16.7 Å². The summed E-state index contributed by atoms with van der Waals surface area (Å²) in [5.74, 6) is -2.33. The maximum Gasteiger partial charge on any atom is 0.360 e. The Bertz CT molecular complexity index is 1100. The van der Waals surface area contributed by atoms with Gasteiger partial charge in [0.2, 0.25) is 5.91 Å². The first-order valence-corrected chi connectivity index (χ1v) is 11.1. The summed E-state index contributed by atoms with van der Waals surface area (Å²) in [5, 5.41) is 22.3. The first-order chi connectivity index (χ1) is 16.6. The number of urea groups is 1. The molecule has 35 heavy (non-hydrogen) atoms. The summed E-state index contributed by atoms with van der Waals surface area (Å²) in [6, 6.07) is 10.3. The molecular formula is C24H31N7O4. The number of amides is 3. The maximum atomic E-state index is 13.1. The number of hydrogen-bond donors (Lipinski definition) is 5. The van der Waals surface area contributed by atoms with Crippen molar-refractivity contribution in [2.45, 2.75) is 51.7 Å². The molecule has 0 radical (unpaired) electrons. The number of aliphatic imine (C=N–C) groups is 1. The molecule has 2 aromatic rings. The highest BCUT2D eigenvalue weighted by Crippen LogP contribution is 2.20. The van der Waals surface area contributed by atoms with E-state index < -0.39 is 36.0 Å². The Morgan fingerprint density at radius 3 is 2.31 bits per heavy atom. The van der Waals surface area contributed by atoms with E-state index in [1.807, 2.05) is 32.0 Å². The molecule has 0 aromatic heterocycles. The van der Waals surface area contributed by atoms with Crippen LogP contribution >= 0.6 is 0 Å². The van der Waals surface area contributed by atoms with E-state index in [9.17, 15) is 19.5 Å². The molecule has 3 atom stereocenters. The molecule has 186 valence electrons. The fraction of sp³-hybridized carbons (Fsp3) is 0.333. The minimum absolute atomic E-state index is 0.100. The van der Waals surface area contributed by atoms with Crippen molar-refractivity contribution in [3.8, 4) is 0 Å². The molecule has 0 fully saturated rings. The minimum Gasteiger partial charge on any atom is -0.480 e. The normalized spacial score (nSPS) is 13.5. The van der Waals surface area contributed by atoms with E-state index in [4.69, 9.17) is 11.5 Å². The van der Waals surface area contributed by atoms with Crippen molar-refractivity contribution >= 4 is 29.6 Å². The summed E-state index contributed by atoms with van der Waals surface area (Å²) in [6.07, 6.45) is 0.359. The highest BCUT2D eigenvalue weighted by Gasteiger charge is 2.32. The van der Waals surface area contributed by atoms with Crippen LogP contribution < -0.4 is 22.1 Å². The number of aliphatic carboxylic acids is 1. The van der Waals surface area contributed by atoms with Gasteiger partial charge in [0.25, 0.3) is 0 Å². The lowest BCUT2D eigenvalue weighted by Gasteiger charge is -2.24. The van der Waals surface area contributed by atoms with Crippen molar-refractivity contribution in [2.75, 3.05) is 0 Å². The molecule has 0 bridgehead atoms. The van der Waals surface area contributed by atoms with Gasteiger partial charge in [0.1, 0.15) is 12.1 Å². The molecule has 3 unspecified atom stereocenters. The standard InChI is InChI=1S/C24H31N7O4/c1-4-17(27-23(25)26)20(22(33)34)29-21(32)19(13-16-8-6-5-7-9-16)28-24(35)31-30-18-12-14(2)10-11-15(18)3/h5-12,17,19-20H,4,13H2,1-3H3,(H,28,35)(H,29,32)(H,33,34)(H4,25,26,27). The molecule has 11 heteroatoms. The van der Waals surface area contributed by atoms with Crippen LogP contribution in [-0.4, -0.2) is 47.1 Å². The molecule has 7 N–H and O–H groups in total. The number of carboxylic acid groups (broad SMARTS) is 1. The second-order valence-electron chi connectivity index (χ2n) is 8.04. The fourth-order valence-corrected chi connectivity index (χ4v) is 3.33. The highest BCUT2D eigenvalue weighted by molar-refractivity contribution is 5.91. The van der Waals surface area contributed by atoms with Crippen LogP contribution in [0.3, 0.4) is 0 Å². The van der Waals surface area contributed by atoms with Crippen LogP contribution in [0, 0.1) is 13.8 Å². The molecule has 0 aliphatic rings. The maximum absolute atomic E-state index is 13.1. The number of nitrogens with one attached hydrogen (secondary N) is 2. The molecule has 0 saturated carbocycles. The third kappa shape index (κ3) is 8.54. The van der Waals surface area contributed by atoms with Gasteiger partial charge >= 0.3 is 12.0 Å². The zero-order valence-corrected chi connectivity index (χ0v) is 19.9. The lowest BCUT2D eigenvalue weighted by molar-refractivity contribution is -0.142. The number of nitrogens with zero attached hydrogens (tertiary/aromatic N) is 3. The van der Waals surface area contributed by atoms with E-state index in [1.165, 1.54) is 0 Å². The van der Waals surface area contributed by atoms with Crippen LogP contribution in [0.15, 0.2) is 63.8 Å². The Morgan fingerprint density at radius 2 is 1.71 bits per heavy atom. The van der Waals surface area contributed by atoms with Crippen molar-refractivity contribution in [1.29, 1.82) is 0 Å². The summed E-state index contributed by atoms with van der Waals surface area (Å²) in [6.45, 7) is 5.42. The van der Waals surface area contributed by atoms with Gasteiger partial charge < -0.3 is 27.2 Å². The van der Waals surface area contributed by atoms with Crippen LogP contribution in [0.4, 0.5) is 10.5 Å². The quantitative estimate of drug-likeness (QED) is 0.197. The SMILES string of the molecule is CCC(N=C(N)N)C(NC(=O)C(Cc1ccccc1)NC(=O)N=Nc1cc(C)ccc1C)C(=O)O. The first-order valence-electron chi connectivity index (χ1n) is 11.1. The summed E-state index contributed by atoms with van der Waals surface area (Å²) in [4.78, 5) is 41.4. The predicted molar refractivity (Wildman–Crippen MR) is 132 cm³/mol. The van der Waals surface area contributed by atoms with Gasteiger partial charge in [-0.1, -0.05) is 54.5 Å². The van der Waals surface area contributed by atoms with E-state index in [2.05, 4.69) is 25.9 Å². The molecule has 11 nitrogen and oxygen atoms in total. The van der Waals surface area contributed by atoms with Crippen LogP contribution in [-0.2, 0) is 16.0 Å². The van der Waals surface area contributed by atoms with E-state index in [0.29, 0.717) is 5.69 Å². The summed E-state index contributed by atoms with van der Waals surface area (Å²) >= 11 is 0. The monoisotopic (exact) mass is 481 g/mol. The second kappa shape index (κ2) is 12.8. The number of aryl methyl sites for hydroxylation is 2. The van der Waals surface area contributed by atoms with Crippen molar-refractivity contribution < 1.29 is 19.5 Å². The number of carboxylic acids is 1. The predicted octanol–water partition coefficient (Wildman–Crippen LogP) is 2.33. The van der Waals surface area contributed by atoms with Gasteiger partial charge in [0, 0.05) is 6.42 Å². The third-order valence-electron chi connectivity index (χ3n) is 5.19. The van der Waals surface area contributed by atoms with Gasteiger partial charge in [0.15, 0.2) is 5.96 Å². The summed E-state index contributed by atoms with van der Waals surface area (Å²) < 4.78 is 0. The van der Waals surface area contributed by atoms with Gasteiger partial charge in [-0.15, -0.1) is 5.11 Å². The Morgan fingerprint density at radius 1 is 1.03 bits per heavy atom. The number of benzene rings is 2. The molecule has 0 spiro atoms. The Balaban J connectivity index is 2.25. The highest BCUT2D eigenvalue weighted by atomic mass is 16.4. The van der Waals surface area contributed by atoms with Crippen LogP contribution in [0.5, 0.6) is 0 Å². The summed E-state index contributed by atoms with van der Waals surface area (Å²) in [7, 11) is 0. The molecule has 2 rings (SSSR count). The van der Waals surface area contributed by atoms with Gasteiger partial charge in [-0.2, -0.15) is 0 Å². The number of carbonyl (C=O) groups excluding carboxylic acids is 2. The van der Waals surface area contributed by atoms with E-state index in [1.54, 1.807) is 37.3 Å². The number of carbonyl (C=O) groups is 3. The van der Waals surface area contributed by atoms with Crippen molar-refractivity contribution in [3.63, 3.8) is 0 Å². The number of nitrogens with two attached hydrogens (primary N) is 2. The lowest BCUT2D eigenvalue weighted by Crippen LogP contribution is -2.55. The number of azo groups is 1. The second-order valence-corrected chi connectivity index (χ2v) is 8.04. The Kier molecular flexibility index (Phi) is 9.88. The molecule has 0 saturated heterocycles. The zero-order chi connectivity index (χ0) is 26.0. The fourth-order valence-electron chi connectivity index (χ4n) is 3.33. The molecule has 2 aromatic carbocycles. The van der Waals surface area contributed by atoms with Crippen LogP contribution in [0.2, 0.25) is 0 Å². The lowest BCUT2D eigenvalue weighted by atomic mass is 10.0. The largest absolute Gasteiger partial charge is 0.480 e. The topological polar surface area (TPSA) is 185 Å². The smallest absolute Gasteiger partial charge is 0.360 e. The van der Waals surface area contributed by atoms with Crippen LogP contribution in [0.1, 0.15) is 30.0 Å². The van der Waals surface area contributed by atoms with Crippen molar-refractivity contribution in [1.82, 2.24) is 10.6 Å². The molecule has 0 aliphatic carbocycles. The van der Waals surface area contributed by atoms with Crippen molar-refractivity contribution in [2.24, 2.45) is 26.7 Å². The van der Waals surface area contributed by atoms with Gasteiger partial charge in [0.05, 0.1) is 11.7 Å². The Labute approximate surface area is 203 Å². The average molecular weight is 482 g/mol. The average Bonchev–Trinajstić information content (AvgIpc) is 2.81. The van der Waals surface area contributed by atoms with Crippen molar-refractivity contribution in [3.05, 3.63) is 65.2 Å². The van der Waals surface area contributed by atoms with Gasteiger partial charge in [-0.05, 0) is 43.0 Å². The zero-order valence-electron chi connectivity index (χ0n) is 19.9. The third-order valence-corrected chi connectivity index (χ3v) is 5.19. The van der Waals surface area contributed by atoms with Gasteiger partial charge in [-0.25, -0.2) is 14.6 Å². The molecule has 0 heterocycles. The van der Waals surface area contributed by atoms with E-state index >= 15 is 0 Å². The number of hydrogen-bond acceptors (Lipinski definition) is 5. The van der Waals surface area contributed by atoms with Gasteiger partial charge in [-0.3, -0.25) is 4.79 Å². The Hall–Kier alpha value is -4.28. The molecule has 3 amide bonds. The minimum atomic E-state index is -1.40. The number of rotatable bonds is 10. The number of guanidine groups is 1. The van der Waals surface area contributed by atoms with E-state index in [-0.39, 0.29) is 18.8 Å².